The van der Waals surface area contributed by atoms with E-state index in [-0.39, 0.29) is 17.8 Å². The quantitative estimate of drug-likeness (QED) is 0.229. The van der Waals surface area contributed by atoms with Crippen LogP contribution < -0.4 is 16.0 Å². The van der Waals surface area contributed by atoms with Gasteiger partial charge in [-0.3, -0.25) is 15.0 Å². The molecule has 0 aromatic heterocycles. The lowest BCUT2D eigenvalue weighted by Gasteiger charge is -2.28. The average molecular weight is 634 g/mol. The molecule has 0 aliphatic carbocycles. The first-order chi connectivity index (χ1) is 22.1. The molecule has 4 rings (SSSR count). The molecular formula is C35H44FN5O5. The van der Waals surface area contributed by atoms with E-state index in [0.29, 0.717) is 43.0 Å². The zero-order chi connectivity index (χ0) is 32.9. The molecule has 46 heavy (non-hydrogen) atoms. The van der Waals surface area contributed by atoms with Crippen molar-refractivity contribution in [3.05, 3.63) is 95.3 Å². The molecule has 0 atom stereocenters. The number of ether oxygens (including phenoxy) is 2. The Morgan fingerprint density at radius 1 is 0.891 bits per heavy atom. The first-order valence-electron chi connectivity index (χ1n) is 15.6. The van der Waals surface area contributed by atoms with Crippen LogP contribution in [0.1, 0.15) is 48.7 Å². The van der Waals surface area contributed by atoms with Crippen molar-refractivity contribution in [1.29, 1.82) is 0 Å². The number of halogens is 1. The fourth-order valence-electron chi connectivity index (χ4n) is 4.93. The van der Waals surface area contributed by atoms with E-state index in [4.69, 9.17) is 9.47 Å². The highest BCUT2D eigenvalue weighted by Crippen LogP contribution is 2.23. The Bertz CT molecular complexity index is 1440. The van der Waals surface area contributed by atoms with Gasteiger partial charge in [0, 0.05) is 44.8 Å². The van der Waals surface area contributed by atoms with Gasteiger partial charge in [0.2, 0.25) is 0 Å². The summed E-state index contributed by atoms with van der Waals surface area (Å²) in [5.74, 6) is -0.631. The molecule has 10 nitrogen and oxygen atoms in total. The highest BCUT2D eigenvalue weighted by Gasteiger charge is 2.19. The molecular weight excluding hydrogens is 589 g/mol. The third-order valence-electron chi connectivity index (χ3n) is 7.30. The lowest BCUT2D eigenvalue weighted by Crippen LogP contribution is -2.42. The summed E-state index contributed by atoms with van der Waals surface area (Å²) in [4.78, 5) is 42.8. The Hall–Kier alpha value is -4.48. The van der Waals surface area contributed by atoms with Crippen molar-refractivity contribution in [2.24, 2.45) is 0 Å². The fraction of sp³-hybridized carbons (Fsp3) is 0.400. The number of nitrogens with zero attached hydrogens (tertiary/aromatic N) is 2. The van der Waals surface area contributed by atoms with Gasteiger partial charge in [0.25, 0.3) is 5.91 Å². The molecule has 3 aromatic carbocycles. The lowest BCUT2D eigenvalue weighted by molar-refractivity contribution is 0.0364. The number of para-hydroxylation sites is 2. The molecule has 246 valence electrons. The van der Waals surface area contributed by atoms with Crippen LogP contribution >= 0.6 is 0 Å². The Kier molecular flexibility index (Phi) is 12.5. The summed E-state index contributed by atoms with van der Waals surface area (Å²) < 4.78 is 24.0. The number of urea groups is 1. The summed E-state index contributed by atoms with van der Waals surface area (Å²) in [5.41, 5.74) is 2.44. The summed E-state index contributed by atoms with van der Waals surface area (Å²) >= 11 is 0. The van der Waals surface area contributed by atoms with Crippen molar-refractivity contribution in [3.8, 4) is 0 Å². The van der Waals surface area contributed by atoms with Crippen molar-refractivity contribution >= 4 is 29.4 Å². The SMILES string of the molecule is CC(C)(C)OC(=O)Nc1ccccc1NC(=O)c1ccc(CN(CCCN2CCOCC2)C(=O)NCCc2ccc(F)cc2)cc1. The number of hydrogen-bond acceptors (Lipinski definition) is 6. The van der Waals surface area contributed by atoms with Crippen LogP contribution in [0.25, 0.3) is 0 Å². The van der Waals surface area contributed by atoms with Crippen molar-refractivity contribution < 1.29 is 28.2 Å². The number of hydrogen-bond donors (Lipinski definition) is 3. The van der Waals surface area contributed by atoms with Crippen molar-refractivity contribution in [2.75, 3.05) is 56.6 Å². The van der Waals surface area contributed by atoms with Gasteiger partial charge in [-0.15, -0.1) is 0 Å². The minimum atomic E-state index is -0.660. The molecule has 1 aliphatic rings. The van der Waals surface area contributed by atoms with Crippen LogP contribution in [0, 0.1) is 5.82 Å². The van der Waals surface area contributed by atoms with Crippen LogP contribution in [0.3, 0.4) is 0 Å². The second-order valence-corrected chi connectivity index (χ2v) is 12.2. The number of morpholine rings is 1. The number of carbonyl (C=O) groups excluding carboxylic acids is 3. The number of amides is 4. The maximum atomic E-state index is 13.3. The van der Waals surface area contributed by atoms with Gasteiger partial charge in [0.05, 0.1) is 24.6 Å². The van der Waals surface area contributed by atoms with E-state index in [0.717, 1.165) is 50.4 Å². The molecule has 3 N–H and O–H groups in total. The molecule has 0 bridgehead atoms. The van der Waals surface area contributed by atoms with Crippen LogP contribution in [0.2, 0.25) is 0 Å². The van der Waals surface area contributed by atoms with Crippen molar-refractivity contribution in [2.45, 2.75) is 45.8 Å². The molecule has 1 heterocycles. The van der Waals surface area contributed by atoms with E-state index >= 15 is 0 Å². The maximum Gasteiger partial charge on any atom is 0.412 e. The number of benzene rings is 3. The summed E-state index contributed by atoms with van der Waals surface area (Å²) in [6, 6.07) is 20.1. The van der Waals surface area contributed by atoms with E-state index in [1.54, 1.807) is 74.2 Å². The minimum Gasteiger partial charge on any atom is -0.444 e. The van der Waals surface area contributed by atoms with E-state index in [2.05, 4.69) is 20.9 Å². The predicted octanol–water partition coefficient (Wildman–Crippen LogP) is 5.90. The maximum absolute atomic E-state index is 13.3. The fourth-order valence-corrected chi connectivity index (χ4v) is 4.93. The molecule has 4 amide bonds. The summed E-state index contributed by atoms with van der Waals surface area (Å²) in [6.07, 6.45) is 0.781. The third-order valence-corrected chi connectivity index (χ3v) is 7.30. The zero-order valence-electron chi connectivity index (χ0n) is 26.8. The molecule has 1 saturated heterocycles. The zero-order valence-corrected chi connectivity index (χ0v) is 26.8. The van der Waals surface area contributed by atoms with Gasteiger partial charge < -0.3 is 25.0 Å². The molecule has 1 aliphatic heterocycles. The Balaban J connectivity index is 1.36. The average Bonchev–Trinajstić information content (AvgIpc) is 3.02. The highest BCUT2D eigenvalue weighted by molar-refractivity contribution is 6.06. The van der Waals surface area contributed by atoms with Crippen LogP contribution in [0.15, 0.2) is 72.8 Å². The number of rotatable bonds is 12. The van der Waals surface area contributed by atoms with E-state index in [1.165, 1.54) is 12.1 Å². The summed E-state index contributed by atoms with van der Waals surface area (Å²) in [7, 11) is 0. The van der Waals surface area contributed by atoms with Gasteiger partial charge in [0.15, 0.2) is 0 Å². The number of carbonyl (C=O) groups is 3. The van der Waals surface area contributed by atoms with Gasteiger partial charge in [-0.1, -0.05) is 36.4 Å². The first-order valence-corrected chi connectivity index (χ1v) is 15.6. The molecule has 0 unspecified atom stereocenters. The smallest absolute Gasteiger partial charge is 0.412 e. The molecule has 3 aromatic rings. The molecule has 1 fully saturated rings. The second kappa shape index (κ2) is 16.7. The van der Waals surface area contributed by atoms with Gasteiger partial charge in [-0.05, 0) is 81.1 Å². The van der Waals surface area contributed by atoms with Crippen molar-refractivity contribution in [1.82, 2.24) is 15.1 Å². The highest BCUT2D eigenvalue weighted by atomic mass is 19.1. The second-order valence-electron chi connectivity index (χ2n) is 12.2. The normalized spacial score (nSPS) is 13.5. The first kappa shape index (κ1) is 34.4. The van der Waals surface area contributed by atoms with Crippen LogP contribution in [-0.2, 0) is 22.4 Å². The van der Waals surface area contributed by atoms with E-state index in [9.17, 15) is 18.8 Å². The summed E-state index contributed by atoms with van der Waals surface area (Å²) in [6.45, 7) is 10.8. The Morgan fingerprint density at radius 2 is 1.52 bits per heavy atom. The van der Waals surface area contributed by atoms with Crippen molar-refractivity contribution in [3.63, 3.8) is 0 Å². The van der Waals surface area contributed by atoms with Gasteiger partial charge in [-0.25, -0.2) is 14.0 Å². The monoisotopic (exact) mass is 633 g/mol. The standard InChI is InChI=1S/C35H44FN5O5/c1-35(2,3)46-34(44)39-31-8-5-4-7-30(31)38-32(42)28-13-9-27(10-14-28)25-41(20-6-19-40-21-23-45-24-22-40)33(43)37-18-17-26-11-15-29(36)16-12-26/h4-5,7-16H,6,17-25H2,1-3H3,(H,37,43)(H,38,42)(H,39,44). The van der Waals surface area contributed by atoms with Crippen LogP contribution in [0.5, 0.6) is 0 Å². The molecule has 11 heteroatoms. The largest absolute Gasteiger partial charge is 0.444 e. The number of anilines is 2. The third kappa shape index (κ3) is 11.5. The molecule has 0 radical (unpaired) electrons. The number of nitrogens with one attached hydrogen (secondary N) is 3. The molecule has 0 saturated carbocycles. The van der Waals surface area contributed by atoms with Gasteiger partial charge in [0.1, 0.15) is 11.4 Å². The van der Waals surface area contributed by atoms with Gasteiger partial charge >= 0.3 is 12.1 Å². The van der Waals surface area contributed by atoms with E-state index in [1.807, 2.05) is 12.1 Å². The summed E-state index contributed by atoms with van der Waals surface area (Å²) in [5, 5.41) is 8.54. The topological polar surface area (TPSA) is 112 Å². The minimum absolute atomic E-state index is 0.181. The lowest BCUT2D eigenvalue weighted by atomic mass is 10.1. The predicted molar refractivity (Wildman–Crippen MR) is 176 cm³/mol. The van der Waals surface area contributed by atoms with Gasteiger partial charge in [-0.2, -0.15) is 0 Å². The Labute approximate surface area is 270 Å². The van der Waals surface area contributed by atoms with Crippen LogP contribution in [-0.4, -0.2) is 79.4 Å². The van der Waals surface area contributed by atoms with Crippen LogP contribution in [0.4, 0.5) is 25.4 Å². The van der Waals surface area contributed by atoms with E-state index < -0.39 is 11.7 Å². The Morgan fingerprint density at radius 3 is 2.17 bits per heavy atom. The molecule has 0 spiro atoms.